The summed E-state index contributed by atoms with van der Waals surface area (Å²) in [6.07, 6.45) is -0.0941. The average Bonchev–Trinajstić information content (AvgIpc) is 3.18. The third kappa shape index (κ3) is 5.52. The van der Waals surface area contributed by atoms with Crippen molar-refractivity contribution in [2.45, 2.75) is 32.9 Å². The van der Waals surface area contributed by atoms with Crippen LogP contribution in [0.5, 0.6) is 23.0 Å². The fraction of sp³-hybridized carbons (Fsp3) is 0.267. The van der Waals surface area contributed by atoms with Crippen molar-refractivity contribution in [2.75, 3.05) is 25.7 Å². The van der Waals surface area contributed by atoms with Gasteiger partial charge >= 0.3 is 0 Å². The SMILES string of the molecule is CCOc1ccc(N2C(=O)C(=O)/C(=C(/O)c3cc(Cl)c(OC)cc3OC)C2c2cccc(OC(C)C)c2)cc1. The number of anilines is 1. The first-order valence-electron chi connectivity index (χ1n) is 12.4. The number of ether oxygens (including phenoxy) is 4. The van der Waals surface area contributed by atoms with Gasteiger partial charge in [-0.25, -0.2) is 0 Å². The van der Waals surface area contributed by atoms with Crippen molar-refractivity contribution in [3.8, 4) is 23.0 Å². The standard InChI is InChI=1S/C30H30ClNO7/c1-6-38-20-12-10-19(11-13-20)32-27(18-8-7-9-21(14-18)39-17(2)3)26(29(34)30(32)35)28(33)22-15-23(31)25(37-5)16-24(22)36-4/h7-17,27,33H,6H2,1-5H3/b28-26+. The normalized spacial score (nSPS) is 16.5. The second-order valence-electron chi connectivity index (χ2n) is 9.02. The maximum Gasteiger partial charge on any atom is 0.300 e. The van der Waals surface area contributed by atoms with Gasteiger partial charge in [0.05, 0.1) is 49.1 Å². The van der Waals surface area contributed by atoms with Gasteiger partial charge in [0.25, 0.3) is 11.7 Å². The molecule has 204 valence electrons. The van der Waals surface area contributed by atoms with E-state index < -0.39 is 23.5 Å². The Morgan fingerprint density at radius 3 is 2.28 bits per heavy atom. The number of ketones is 1. The van der Waals surface area contributed by atoms with Crippen LogP contribution >= 0.6 is 11.6 Å². The van der Waals surface area contributed by atoms with Crippen LogP contribution in [0.4, 0.5) is 5.69 Å². The molecule has 1 N–H and O–H groups in total. The third-order valence-corrected chi connectivity index (χ3v) is 6.44. The molecule has 4 rings (SSSR count). The molecular weight excluding hydrogens is 522 g/mol. The molecule has 8 nitrogen and oxygen atoms in total. The molecule has 3 aromatic rings. The maximum atomic E-state index is 13.6. The predicted octanol–water partition coefficient (Wildman–Crippen LogP) is 6.17. The number of methoxy groups -OCH3 is 2. The van der Waals surface area contributed by atoms with E-state index in [1.165, 1.54) is 31.3 Å². The molecule has 1 aliphatic heterocycles. The highest BCUT2D eigenvalue weighted by Crippen LogP contribution is 2.45. The van der Waals surface area contributed by atoms with Gasteiger partial charge in [-0.05, 0) is 68.8 Å². The number of carbonyl (C=O) groups is 2. The molecule has 0 aromatic heterocycles. The first kappa shape index (κ1) is 27.9. The summed E-state index contributed by atoms with van der Waals surface area (Å²) >= 11 is 6.36. The Hall–Kier alpha value is -4.17. The largest absolute Gasteiger partial charge is 0.507 e. The molecule has 1 atom stereocenters. The van der Waals surface area contributed by atoms with E-state index in [-0.39, 0.29) is 28.0 Å². The zero-order chi connectivity index (χ0) is 28.3. The Morgan fingerprint density at radius 2 is 1.67 bits per heavy atom. The van der Waals surface area contributed by atoms with Gasteiger partial charge in [-0.1, -0.05) is 23.7 Å². The minimum Gasteiger partial charge on any atom is -0.507 e. The lowest BCUT2D eigenvalue weighted by Crippen LogP contribution is -2.29. The van der Waals surface area contributed by atoms with E-state index in [4.69, 9.17) is 30.5 Å². The van der Waals surface area contributed by atoms with Gasteiger partial charge < -0.3 is 24.1 Å². The Bertz CT molecular complexity index is 1420. The number of nitrogens with zero attached hydrogens (tertiary/aromatic N) is 1. The molecule has 0 saturated carbocycles. The van der Waals surface area contributed by atoms with Crippen LogP contribution in [0.2, 0.25) is 5.02 Å². The molecule has 0 spiro atoms. The molecule has 1 aliphatic rings. The second kappa shape index (κ2) is 11.7. The van der Waals surface area contributed by atoms with E-state index in [9.17, 15) is 14.7 Å². The lowest BCUT2D eigenvalue weighted by atomic mass is 9.94. The summed E-state index contributed by atoms with van der Waals surface area (Å²) in [6, 6.07) is 15.9. The first-order chi connectivity index (χ1) is 18.7. The van der Waals surface area contributed by atoms with E-state index in [2.05, 4.69) is 0 Å². The number of aliphatic hydroxyl groups is 1. The Labute approximate surface area is 232 Å². The van der Waals surface area contributed by atoms with Gasteiger partial charge in [-0.3, -0.25) is 14.5 Å². The molecule has 39 heavy (non-hydrogen) atoms. The van der Waals surface area contributed by atoms with E-state index in [1.54, 1.807) is 48.5 Å². The van der Waals surface area contributed by atoms with Crippen molar-refractivity contribution in [3.63, 3.8) is 0 Å². The molecule has 1 saturated heterocycles. The number of hydrogen-bond donors (Lipinski definition) is 1. The highest BCUT2D eigenvalue weighted by Gasteiger charge is 2.47. The highest BCUT2D eigenvalue weighted by molar-refractivity contribution is 6.51. The van der Waals surface area contributed by atoms with Crippen molar-refractivity contribution >= 4 is 34.7 Å². The quantitative estimate of drug-likeness (QED) is 0.193. The molecule has 0 bridgehead atoms. The van der Waals surface area contributed by atoms with Crippen LogP contribution in [-0.4, -0.2) is 43.7 Å². The Balaban J connectivity index is 1.95. The summed E-state index contributed by atoms with van der Waals surface area (Å²) in [4.78, 5) is 28.4. The van der Waals surface area contributed by atoms with Gasteiger partial charge in [0.1, 0.15) is 28.8 Å². The fourth-order valence-electron chi connectivity index (χ4n) is 4.50. The van der Waals surface area contributed by atoms with Crippen LogP contribution in [0.15, 0.2) is 66.2 Å². The summed E-state index contributed by atoms with van der Waals surface area (Å²) in [5.74, 6) is -0.339. The summed E-state index contributed by atoms with van der Waals surface area (Å²) in [6.45, 7) is 6.16. The topological polar surface area (TPSA) is 94.5 Å². The summed E-state index contributed by atoms with van der Waals surface area (Å²) < 4.78 is 22.1. The van der Waals surface area contributed by atoms with E-state index in [0.29, 0.717) is 35.1 Å². The van der Waals surface area contributed by atoms with Gasteiger partial charge in [-0.15, -0.1) is 0 Å². The molecule has 1 fully saturated rings. The lowest BCUT2D eigenvalue weighted by molar-refractivity contribution is -0.132. The molecule has 9 heteroatoms. The summed E-state index contributed by atoms with van der Waals surface area (Å²) in [5, 5.41) is 11.8. The van der Waals surface area contributed by atoms with E-state index >= 15 is 0 Å². The minimum absolute atomic E-state index is 0.0941. The average molecular weight is 552 g/mol. The minimum atomic E-state index is -0.968. The van der Waals surface area contributed by atoms with Crippen LogP contribution in [0.25, 0.3) is 5.76 Å². The maximum absolute atomic E-state index is 13.6. The smallest absolute Gasteiger partial charge is 0.300 e. The molecule has 1 amide bonds. The molecular formula is C30H30ClNO7. The lowest BCUT2D eigenvalue weighted by Gasteiger charge is -2.26. The van der Waals surface area contributed by atoms with Gasteiger partial charge in [0, 0.05) is 11.8 Å². The van der Waals surface area contributed by atoms with Crippen molar-refractivity contribution < 1.29 is 33.6 Å². The zero-order valence-electron chi connectivity index (χ0n) is 22.4. The number of rotatable bonds is 9. The van der Waals surface area contributed by atoms with Gasteiger partial charge in [-0.2, -0.15) is 0 Å². The number of amides is 1. The van der Waals surface area contributed by atoms with Crippen molar-refractivity contribution in [1.29, 1.82) is 0 Å². The van der Waals surface area contributed by atoms with Crippen molar-refractivity contribution in [2.24, 2.45) is 0 Å². The van der Waals surface area contributed by atoms with Crippen LogP contribution in [0.1, 0.15) is 37.9 Å². The Kier molecular flexibility index (Phi) is 8.35. The van der Waals surface area contributed by atoms with Gasteiger partial charge in [0.15, 0.2) is 0 Å². The zero-order valence-corrected chi connectivity index (χ0v) is 23.1. The molecule has 1 heterocycles. The highest BCUT2D eigenvalue weighted by atomic mass is 35.5. The summed E-state index contributed by atoms with van der Waals surface area (Å²) in [5.41, 5.74) is 1.06. The first-order valence-corrected chi connectivity index (χ1v) is 12.8. The molecule has 0 radical (unpaired) electrons. The molecule has 0 aliphatic carbocycles. The number of aliphatic hydroxyl groups excluding tert-OH is 1. The van der Waals surface area contributed by atoms with Crippen LogP contribution < -0.4 is 23.8 Å². The number of hydrogen-bond acceptors (Lipinski definition) is 7. The van der Waals surface area contributed by atoms with Crippen molar-refractivity contribution in [3.05, 3.63) is 82.4 Å². The van der Waals surface area contributed by atoms with Crippen LogP contribution in [-0.2, 0) is 9.59 Å². The number of Topliss-reactive ketones (excluding diaryl/α,β-unsaturated/α-hetero) is 1. The van der Waals surface area contributed by atoms with Gasteiger partial charge in [0.2, 0.25) is 0 Å². The van der Waals surface area contributed by atoms with Crippen molar-refractivity contribution in [1.82, 2.24) is 0 Å². The number of benzene rings is 3. The van der Waals surface area contributed by atoms with E-state index in [1.807, 2.05) is 20.8 Å². The predicted molar refractivity (Wildman–Crippen MR) is 149 cm³/mol. The summed E-state index contributed by atoms with van der Waals surface area (Å²) in [7, 11) is 2.87. The monoisotopic (exact) mass is 551 g/mol. The van der Waals surface area contributed by atoms with Crippen LogP contribution in [0.3, 0.4) is 0 Å². The van der Waals surface area contributed by atoms with E-state index in [0.717, 1.165) is 0 Å². The number of halogens is 1. The molecule has 1 unspecified atom stereocenters. The third-order valence-electron chi connectivity index (χ3n) is 6.14. The Morgan fingerprint density at radius 1 is 0.974 bits per heavy atom. The second-order valence-corrected chi connectivity index (χ2v) is 9.43. The van der Waals surface area contributed by atoms with Crippen LogP contribution in [0, 0.1) is 0 Å². The fourth-order valence-corrected chi connectivity index (χ4v) is 4.74. The molecule has 3 aromatic carbocycles. The number of carbonyl (C=O) groups excluding carboxylic acids is 2.